The molecule has 0 spiro atoms. The Hall–Kier alpha value is -2.89. The SMILES string of the molecule is CN(CC(=O)N=c1ccccn1Cc1ccccc1)C(=O)OC(C)(C)C. The molecule has 0 aliphatic rings. The van der Waals surface area contributed by atoms with Crippen LogP contribution >= 0.6 is 0 Å². The molecule has 0 saturated carbocycles. The zero-order valence-electron chi connectivity index (χ0n) is 15.7. The van der Waals surface area contributed by atoms with Crippen LogP contribution in [0.2, 0.25) is 0 Å². The van der Waals surface area contributed by atoms with Crippen molar-refractivity contribution in [1.29, 1.82) is 0 Å². The lowest BCUT2D eigenvalue weighted by molar-refractivity contribution is -0.119. The Labute approximate surface area is 153 Å². The molecule has 1 aromatic carbocycles. The second-order valence-corrected chi connectivity index (χ2v) is 7.01. The number of ether oxygens (including phenoxy) is 1. The quantitative estimate of drug-likeness (QED) is 0.847. The molecule has 0 atom stereocenters. The molecule has 2 rings (SSSR count). The summed E-state index contributed by atoms with van der Waals surface area (Å²) in [6.07, 6.45) is 1.32. The van der Waals surface area contributed by atoms with Gasteiger partial charge in [-0.25, -0.2) is 4.79 Å². The van der Waals surface area contributed by atoms with Crippen molar-refractivity contribution in [2.24, 2.45) is 4.99 Å². The molecule has 0 unspecified atom stereocenters. The molecule has 1 heterocycles. The summed E-state index contributed by atoms with van der Waals surface area (Å²) in [5.74, 6) is -0.411. The predicted molar refractivity (Wildman–Crippen MR) is 99.4 cm³/mol. The zero-order chi connectivity index (χ0) is 19.2. The lowest BCUT2D eigenvalue weighted by Crippen LogP contribution is -2.37. The maximum Gasteiger partial charge on any atom is 0.410 e. The molecule has 2 aromatic rings. The molecule has 1 aromatic heterocycles. The molecule has 0 aliphatic carbocycles. The highest BCUT2D eigenvalue weighted by Gasteiger charge is 2.20. The number of pyridine rings is 1. The highest BCUT2D eigenvalue weighted by Crippen LogP contribution is 2.08. The van der Waals surface area contributed by atoms with E-state index in [2.05, 4.69) is 4.99 Å². The minimum Gasteiger partial charge on any atom is -0.444 e. The highest BCUT2D eigenvalue weighted by atomic mass is 16.6. The molecule has 6 heteroatoms. The first-order valence-corrected chi connectivity index (χ1v) is 8.46. The number of nitrogens with zero attached hydrogens (tertiary/aromatic N) is 3. The largest absolute Gasteiger partial charge is 0.444 e. The molecular weight excluding hydrogens is 330 g/mol. The zero-order valence-corrected chi connectivity index (χ0v) is 15.7. The van der Waals surface area contributed by atoms with Crippen molar-refractivity contribution in [3.8, 4) is 0 Å². The average Bonchev–Trinajstić information content (AvgIpc) is 2.56. The number of rotatable bonds is 4. The monoisotopic (exact) mass is 355 g/mol. The number of amides is 2. The summed E-state index contributed by atoms with van der Waals surface area (Å²) in [5, 5.41) is 0. The van der Waals surface area contributed by atoms with Gasteiger partial charge < -0.3 is 14.2 Å². The van der Waals surface area contributed by atoms with Gasteiger partial charge in [-0.05, 0) is 38.5 Å². The van der Waals surface area contributed by atoms with E-state index in [1.54, 1.807) is 26.8 Å². The van der Waals surface area contributed by atoms with Crippen LogP contribution < -0.4 is 5.49 Å². The van der Waals surface area contributed by atoms with Gasteiger partial charge in [0.1, 0.15) is 17.6 Å². The van der Waals surface area contributed by atoms with E-state index in [1.807, 2.05) is 53.2 Å². The summed E-state index contributed by atoms with van der Waals surface area (Å²) >= 11 is 0. The van der Waals surface area contributed by atoms with Crippen LogP contribution in [0.25, 0.3) is 0 Å². The Morgan fingerprint density at radius 1 is 1.08 bits per heavy atom. The van der Waals surface area contributed by atoms with Crippen LogP contribution in [0.1, 0.15) is 26.3 Å². The third-order valence-corrected chi connectivity index (χ3v) is 3.43. The van der Waals surface area contributed by atoms with E-state index < -0.39 is 17.6 Å². The Balaban J connectivity index is 2.11. The molecule has 0 N–H and O–H groups in total. The average molecular weight is 355 g/mol. The van der Waals surface area contributed by atoms with Crippen LogP contribution in [0.3, 0.4) is 0 Å². The lowest BCUT2D eigenvalue weighted by Gasteiger charge is -2.23. The van der Waals surface area contributed by atoms with Crippen molar-refractivity contribution in [3.63, 3.8) is 0 Å². The summed E-state index contributed by atoms with van der Waals surface area (Å²) in [6.45, 7) is 5.80. The number of hydrogen-bond acceptors (Lipinski definition) is 3. The second kappa shape index (κ2) is 8.47. The minimum atomic E-state index is -0.607. The topological polar surface area (TPSA) is 63.9 Å². The van der Waals surface area contributed by atoms with Gasteiger partial charge in [0.15, 0.2) is 0 Å². The van der Waals surface area contributed by atoms with Gasteiger partial charge >= 0.3 is 6.09 Å². The summed E-state index contributed by atoms with van der Waals surface area (Å²) in [7, 11) is 1.52. The molecule has 0 bridgehead atoms. The molecule has 138 valence electrons. The molecule has 2 amide bonds. The van der Waals surface area contributed by atoms with E-state index in [0.717, 1.165) is 5.56 Å². The van der Waals surface area contributed by atoms with E-state index in [4.69, 9.17) is 4.74 Å². The van der Waals surface area contributed by atoms with Crippen molar-refractivity contribution in [2.45, 2.75) is 32.9 Å². The molecule has 0 aliphatic heterocycles. The van der Waals surface area contributed by atoms with Crippen molar-refractivity contribution in [3.05, 3.63) is 65.8 Å². The summed E-state index contributed by atoms with van der Waals surface area (Å²) in [6, 6.07) is 15.4. The Kier molecular flexibility index (Phi) is 6.33. The van der Waals surface area contributed by atoms with Gasteiger partial charge in [-0.3, -0.25) is 4.79 Å². The first-order valence-electron chi connectivity index (χ1n) is 8.46. The predicted octanol–water partition coefficient (Wildman–Crippen LogP) is 2.83. The highest BCUT2D eigenvalue weighted by molar-refractivity contribution is 5.82. The molecule has 6 nitrogen and oxygen atoms in total. The summed E-state index contributed by atoms with van der Waals surface area (Å²) < 4.78 is 7.13. The normalized spacial score (nSPS) is 11.9. The summed E-state index contributed by atoms with van der Waals surface area (Å²) in [4.78, 5) is 29.6. The Morgan fingerprint density at radius 3 is 2.38 bits per heavy atom. The van der Waals surface area contributed by atoms with Gasteiger partial charge in [-0.1, -0.05) is 36.4 Å². The number of likely N-dealkylation sites (N-methyl/N-ethyl adjacent to an activating group) is 1. The van der Waals surface area contributed by atoms with Gasteiger partial charge in [0.2, 0.25) is 0 Å². The first-order chi connectivity index (χ1) is 12.2. The Morgan fingerprint density at radius 2 is 1.73 bits per heavy atom. The van der Waals surface area contributed by atoms with E-state index in [1.165, 1.54) is 11.9 Å². The van der Waals surface area contributed by atoms with Gasteiger partial charge in [0, 0.05) is 19.8 Å². The number of aromatic nitrogens is 1. The standard InChI is InChI=1S/C20H25N3O3/c1-20(2,3)26-19(25)22(4)15-18(24)21-17-12-8-9-13-23(17)14-16-10-6-5-7-11-16/h5-13H,14-15H2,1-4H3. The first kappa shape index (κ1) is 19.4. The van der Waals surface area contributed by atoms with Crippen LogP contribution in [-0.2, 0) is 16.1 Å². The number of carbonyl (C=O) groups is 2. The molecule has 0 fully saturated rings. The van der Waals surface area contributed by atoms with Gasteiger partial charge in [0.25, 0.3) is 5.91 Å². The summed E-state index contributed by atoms with van der Waals surface area (Å²) in [5.41, 5.74) is 1.04. The minimum absolute atomic E-state index is 0.144. The fourth-order valence-corrected chi connectivity index (χ4v) is 2.25. The van der Waals surface area contributed by atoms with Crippen LogP contribution in [0, 0.1) is 0 Å². The molecule has 0 radical (unpaired) electrons. The number of carbonyl (C=O) groups excluding carboxylic acids is 2. The van der Waals surface area contributed by atoms with Crippen LogP contribution in [-0.4, -0.2) is 40.7 Å². The van der Waals surface area contributed by atoms with E-state index in [0.29, 0.717) is 12.0 Å². The van der Waals surface area contributed by atoms with Crippen LogP contribution in [0.5, 0.6) is 0 Å². The number of hydrogen-bond donors (Lipinski definition) is 0. The maximum atomic E-state index is 12.3. The van der Waals surface area contributed by atoms with Gasteiger partial charge in [-0.15, -0.1) is 0 Å². The van der Waals surface area contributed by atoms with Crippen molar-refractivity contribution in [2.75, 3.05) is 13.6 Å². The third kappa shape index (κ3) is 6.20. The fraction of sp³-hybridized carbons (Fsp3) is 0.350. The van der Waals surface area contributed by atoms with Crippen LogP contribution in [0.15, 0.2) is 59.7 Å². The van der Waals surface area contributed by atoms with Gasteiger partial charge in [0.05, 0.1) is 0 Å². The third-order valence-electron chi connectivity index (χ3n) is 3.43. The van der Waals surface area contributed by atoms with Crippen molar-refractivity contribution in [1.82, 2.24) is 9.47 Å². The van der Waals surface area contributed by atoms with E-state index in [9.17, 15) is 9.59 Å². The van der Waals surface area contributed by atoms with E-state index >= 15 is 0 Å². The molecule has 26 heavy (non-hydrogen) atoms. The lowest BCUT2D eigenvalue weighted by atomic mass is 10.2. The maximum absolute atomic E-state index is 12.3. The van der Waals surface area contributed by atoms with E-state index in [-0.39, 0.29) is 6.54 Å². The molecular formula is C20H25N3O3. The molecule has 0 saturated heterocycles. The van der Waals surface area contributed by atoms with Gasteiger partial charge in [-0.2, -0.15) is 4.99 Å². The fourth-order valence-electron chi connectivity index (χ4n) is 2.25. The Bertz CT molecular complexity index is 820. The number of benzene rings is 1. The smallest absolute Gasteiger partial charge is 0.410 e. The van der Waals surface area contributed by atoms with Crippen molar-refractivity contribution >= 4 is 12.0 Å². The van der Waals surface area contributed by atoms with Crippen LogP contribution in [0.4, 0.5) is 4.79 Å². The second-order valence-electron chi connectivity index (χ2n) is 7.01. The van der Waals surface area contributed by atoms with Crippen molar-refractivity contribution < 1.29 is 14.3 Å².